The lowest BCUT2D eigenvalue weighted by molar-refractivity contribution is -0.119. The third-order valence-electron chi connectivity index (χ3n) is 7.36. The Labute approximate surface area is 215 Å². The number of ether oxygens (including phenoxy) is 1. The molecule has 2 aliphatic rings. The van der Waals surface area contributed by atoms with Crippen molar-refractivity contribution in [2.24, 2.45) is 11.8 Å². The van der Waals surface area contributed by atoms with Crippen LogP contribution in [0, 0.1) is 30.1 Å². The minimum atomic E-state index is -2.60. The number of hydrogen-bond acceptors (Lipinski definition) is 7. The smallest absolute Gasteiger partial charge is 0.272 e. The maximum absolute atomic E-state index is 12.5. The number of carbonyl (C=O) groups is 1. The van der Waals surface area contributed by atoms with E-state index in [0.29, 0.717) is 30.5 Å². The number of pyridine rings is 1. The van der Waals surface area contributed by atoms with Crippen molar-refractivity contribution in [1.82, 2.24) is 14.9 Å². The molecular formula is C27H34F2N4O2S. The molecule has 1 saturated carbocycles. The lowest BCUT2D eigenvalue weighted by atomic mass is 9.78. The number of nitrogens with zero attached hydrogens (tertiary/aromatic N) is 4. The van der Waals surface area contributed by atoms with E-state index < -0.39 is 13.0 Å². The molecule has 0 spiro atoms. The molecule has 0 atom stereocenters. The maximum atomic E-state index is 12.5. The lowest BCUT2D eigenvalue weighted by Gasteiger charge is -2.30. The summed E-state index contributed by atoms with van der Waals surface area (Å²) in [6.45, 7) is 4.00. The first-order chi connectivity index (χ1) is 17.4. The van der Waals surface area contributed by atoms with Gasteiger partial charge in [0.15, 0.2) is 6.61 Å². The molecule has 1 aliphatic carbocycles. The number of Topliss-reactive ketones (excluding diaryl/α,β-unsaturated/α-hetero) is 1. The second-order valence-electron chi connectivity index (χ2n) is 10.0. The summed E-state index contributed by atoms with van der Waals surface area (Å²) in [5, 5.41) is 10.4. The van der Waals surface area contributed by atoms with Gasteiger partial charge < -0.3 is 9.64 Å². The standard InChI is InChI=1S/C27H34F2N4O2S/c1-18-31-16-24(36-18)14-23(34)12-20-4-2-19(3-5-20)6-9-33-10-7-21-13-22(15-30)27(35-17-26(28)29)32-25(21)8-11-33/h13,16,19-20,26H,2-12,14,17H2,1H3. The molecule has 0 amide bonds. The third-order valence-corrected chi connectivity index (χ3v) is 8.27. The Kier molecular flexibility index (Phi) is 9.38. The van der Waals surface area contributed by atoms with Crippen molar-refractivity contribution in [2.45, 2.75) is 71.1 Å². The average molecular weight is 517 g/mol. The van der Waals surface area contributed by atoms with Crippen molar-refractivity contribution < 1.29 is 18.3 Å². The van der Waals surface area contributed by atoms with Gasteiger partial charge in [-0.05, 0) is 62.6 Å². The van der Waals surface area contributed by atoms with Crippen molar-refractivity contribution in [2.75, 3.05) is 26.2 Å². The minimum absolute atomic E-state index is 0.0161. The molecule has 0 N–H and O–H groups in total. The van der Waals surface area contributed by atoms with E-state index in [9.17, 15) is 18.8 Å². The highest BCUT2D eigenvalue weighted by Crippen LogP contribution is 2.33. The number of hydrogen-bond donors (Lipinski definition) is 0. The molecule has 194 valence electrons. The van der Waals surface area contributed by atoms with Crippen LogP contribution in [0.5, 0.6) is 5.88 Å². The summed E-state index contributed by atoms with van der Waals surface area (Å²) in [6.07, 6.45) is 7.73. The Morgan fingerprint density at radius 3 is 2.69 bits per heavy atom. The molecule has 0 unspecified atom stereocenters. The summed E-state index contributed by atoms with van der Waals surface area (Å²) in [5.74, 6) is 1.56. The fourth-order valence-corrected chi connectivity index (χ4v) is 6.21. The molecule has 1 aliphatic heterocycles. The van der Waals surface area contributed by atoms with Crippen LogP contribution >= 0.6 is 11.3 Å². The summed E-state index contributed by atoms with van der Waals surface area (Å²) in [5.41, 5.74) is 2.08. The Balaban J connectivity index is 1.20. The quantitative estimate of drug-likeness (QED) is 0.434. The lowest BCUT2D eigenvalue weighted by Crippen LogP contribution is -2.29. The first-order valence-corrected chi connectivity index (χ1v) is 13.7. The largest absolute Gasteiger partial charge is 0.471 e. The van der Waals surface area contributed by atoms with Crippen LogP contribution < -0.4 is 4.74 Å². The number of thiazole rings is 1. The van der Waals surface area contributed by atoms with Gasteiger partial charge in [0.25, 0.3) is 6.43 Å². The van der Waals surface area contributed by atoms with Gasteiger partial charge in [-0.15, -0.1) is 11.3 Å². The van der Waals surface area contributed by atoms with Crippen molar-refractivity contribution in [3.8, 4) is 11.9 Å². The van der Waals surface area contributed by atoms with Crippen molar-refractivity contribution >= 4 is 17.1 Å². The van der Waals surface area contributed by atoms with Crippen LogP contribution in [0.4, 0.5) is 8.78 Å². The topological polar surface area (TPSA) is 79.1 Å². The zero-order chi connectivity index (χ0) is 25.5. The van der Waals surface area contributed by atoms with E-state index in [1.165, 1.54) is 12.8 Å². The van der Waals surface area contributed by atoms with Crippen molar-refractivity contribution in [1.29, 1.82) is 5.26 Å². The second-order valence-corrected chi connectivity index (χ2v) is 11.4. The van der Waals surface area contributed by atoms with Crippen LogP contribution in [0.2, 0.25) is 0 Å². The zero-order valence-electron chi connectivity index (χ0n) is 20.8. The number of ketones is 1. The van der Waals surface area contributed by atoms with E-state index in [1.807, 2.05) is 19.2 Å². The Bertz CT molecular complexity index is 1080. The molecule has 4 rings (SSSR count). The highest BCUT2D eigenvalue weighted by molar-refractivity contribution is 7.11. The fraction of sp³-hybridized carbons (Fsp3) is 0.630. The number of alkyl halides is 2. The molecule has 1 fully saturated rings. The number of aromatic nitrogens is 2. The predicted octanol–water partition coefficient (Wildman–Crippen LogP) is 5.16. The Hall–Kier alpha value is -2.44. The molecular weight excluding hydrogens is 482 g/mol. The van der Waals surface area contributed by atoms with E-state index in [-0.39, 0.29) is 11.4 Å². The van der Waals surface area contributed by atoms with Gasteiger partial charge in [-0.3, -0.25) is 4.79 Å². The summed E-state index contributed by atoms with van der Waals surface area (Å²) >= 11 is 1.61. The Morgan fingerprint density at radius 2 is 2.00 bits per heavy atom. The van der Waals surface area contributed by atoms with E-state index in [1.54, 1.807) is 17.4 Å². The van der Waals surface area contributed by atoms with Crippen molar-refractivity contribution in [3.63, 3.8) is 0 Å². The molecule has 9 heteroatoms. The van der Waals surface area contributed by atoms with Crippen LogP contribution in [0.25, 0.3) is 0 Å². The average Bonchev–Trinajstić information content (AvgIpc) is 3.16. The molecule has 3 heterocycles. The third kappa shape index (κ3) is 7.53. The van der Waals surface area contributed by atoms with Gasteiger partial charge in [-0.1, -0.05) is 12.8 Å². The molecule has 2 aromatic rings. The van der Waals surface area contributed by atoms with Gasteiger partial charge in [0.05, 0.1) is 5.01 Å². The SMILES string of the molecule is Cc1ncc(CC(=O)CC2CCC(CCN3CCc4cc(C#N)c(OCC(F)F)nc4CC3)CC2)s1. The molecule has 0 aromatic carbocycles. The van der Waals surface area contributed by atoms with E-state index in [2.05, 4.69) is 14.9 Å². The normalized spacial score (nSPS) is 20.5. The maximum Gasteiger partial charge on any atom is 0.272 e. The molecule has 2 aromatic heterocycles. The van der Waals surface area contributed by atoms with Crippen LogP contribution in [0.15, 0.2) is 12.3 Å². The van der Waals surface area contributed by atoms with Gasteiger partial charge in [-0.2, -0.15) is 5.26 Å². The number of halogens is 2. The number of aryl methyl sites for hydroxylation is 1. The van der Waals surface area contributed by atoms with E-state index >= 15 is 0 Å². The summed E-state index contributed by atoms with van der Waals surface area (Å²) < 4.78 is 30.2. The van der Waals surface area contributed by atoms with Crippen LogP contribution in [-0.2, 0) is 24.1 Å². The highest BCUT2D eigenvalue weighted by atomic mass is 32.1. The molecule has 0 radical (unpaired) electrons. The highest BCUT2D eigenvalue weighted by Gasteiger charge is 2.25. The number of nitriles is 1. The summed E-state index contributed by atoms with van der Waals surface area (Å²) in [7, 11) is 0. The summed E-state index contributed by atoms with van der Waals surface area (Å²) in [6, 6.07) is 3.78. The molecule has 36 heavy (non-hydrogen) atoms. The van der Waals surface area contributed by atoms with E-state index in [0.717, 1.165) is 72.9 Å². The number of fused-ring (bicyclic) bond motifs is 1. The van der Waals surface area contributed by atoms with Crippen LogP contribution in [0.1, 0.15) is 65.2 Å². The Morgan fingerprint density at radius 1 is 1.25 bits per heavy atom. The predicted molar refractivity (Wildman–Crippen MR) is 135 cm³/mol. The van der Waals surface area contributed by atoms with Crippen molar-refractivity contribution in [3.05, 3.63) is 39.0 Å². The number of rotatable bonds is 10. The van der Waals surface area contributed by atoms with Crippen LogP contribution in [-0.4, -0.2) is 53.3 Å². The molecule has 0 bridgehead atoms. The first kappa shape index (κ1) is 26.6. The van der Waals surface area contributed by atoms with Crippen LogP contribution in [0.3, 0.4) is 0 Å². The zero-order valence-corrected chi connectivity index (χ0v) is 21.7. The second kappa shape index (κ2) is 12.7. The number of carbonyl (C=O) groups excluding carboxylic acids is 1. The van der Waals surface area contributed by atoms with Gasteiger partial charge in [0.2, 0.25) is 5.88 Å². The van der Waals surface area contributed by atoms with Gasteiger partial charge in [0, 0.05) is 49.1 Å². The minimum Gasteiger partial charge on any atom is -0.471 e. The fourth-order valence-electron chi connectivity index (χ4n) is 5.38. The molecule has 0 saturated heterocycles. The van der Waals surface area contributed by atoms with Gasteiger partial charge >= 0.3 is 0 Å². The van der Waals surface area contributed by atoms with Gasteiger partial charge in [0.1, 0.15) is 17.4 Å². The first-order valence-electron chi connectivity index (χ1n) is 12.9. The van der Waals surface area contributed by atoms with E-state index in [4.69, 9.17) is 4.74 Å². The molecule has 6 nitrogen and oxygen atoms in total. The monoisotopic (exact) mass is 516 g/mol. The summed E-state index contributed by atoms with van der Waals surface area (Å²) in [4.78, 5) is 24.6. The van der Waals surface area contributed by atoms with Gasteiger partial charge in [-0.25, -0.2) is 18.7 Å².